The van der Waals surface area contributed by atoms with Gasteiger partial charge in [0.25, 0.3) is 0 Å². The van der Waals surface area contributed by atoms with Crippen LogP contribution in [0.25, 0.3) is 21.9 Å². The molecule has 0 radical (unpaired) electrons. The van der Waals surface area contributed by atoms with E-state index in [-0.39, 0.29) is 18.3 Å². The summed E-state index contributed by atoms with van der Waals surface area (Å²) in [5, 5.41) is 2.81. The third-order valence-electron chi connectivity index (χ3n) is 8.54. The zero-order valence-electron chi connectivity index (χ0n) is 21.7. The molecule has 2 nitrogen and oxygen atoms in total. The maximum atomic E-state index is 6.27. The third-order valence-corrected chi connectivity index (χ3v) is 8.54. The molecule has 160 valence electrons. The average molecular weight is 420 g/mol. The molecule has 0 N–H and O–H groups in total. The summed E-state index contributed by atoms with van der Waals surface area (Å²) in [6.07, 6.45) is 0. The largest absolute Gasteiger partial charge is 0.494 e. The highest BCUT2D eigenvalue weighted by atomic mass is 16.7. The fourth-order valence-electron chi connectivity index (χ4n) is 5.08. The Balaban J connectivity index is 1.90. The van der Waals surface area contributed by atoms with Gasteiger partial charge >= 0.3 is 7.12 Å². The molecule has 0 amide bonds. The second-order valence-corrected chi connectivity index (χ2v) is 10.7. The zero-order chi connectivity index (χ0) is 23.7. The monoisotopic (exact) mass is 420 g/mol. The maximum Gasteiger partial charge on any atom is 0.494 e. The predicted molar refractivity (Wildman–Crippen MR) is 152 cm³/mol. The van der Waals surface area contributed by atoms with Gasteiger partial charge in [-0.25, -0.2) is 0 Å². The highest BCUT2D eigenvalue weighted by Crippen LogP contribution is 2.37. The van der Waals surface area contributed by atoms with Crippen molar-refractivity contribution in [1.82, 2.24) is 0 Å². The minimum Gasteiger partial charge on any atom is -0.399 e. The number of fused-ring (bicyclic) bond motifs is 1. The molecule has 0 aromatic heterocycles. The van der Waals surface area contributed by atoms with Crippen molar-refractivity contribution in [2.45, 2.75) is 59.7 Å². The highest BCUT2D eigenvalue weighted by Gasteiger charge is 2.51. The first-order chi connectivity index (χ1) is 14.8. The van der Waals surface area contributed by atoms with Gasteiger partial charge in [0.1, 0.15) is 31.4 Å². The van der Waals surface area contributed by atoms with Crippen molar-refractivity contribution in [2.75, 3.05) is 0 Å². The van der Waals surface area contributed by atoms with Gasteiger partial charge in [-0.05, 0) is 81.4 Å². The van der Waals surface area contributed by atoms with Crippen LogP contribution in [0.15, 0.2) is 24.3 Å². The average Bonchev–Trinajstić information content (AvgIpc) is 2.96. The lowest BCUT2D eigenvalue weighted by Crippen LogP contribution is -2.41. The first-order valence-corrected chi connectivity index (χ1v) is 11.7. The summed E-state index contributed by atoms with van der Waals surface area (Å²) in [6.45, 7) is 15.2. The number of rotatable bonds is 2. The molecule has 3 aromatic carbocycles. The third kappa shape index (κ3) is 3.32. The van der Waals surface area contributed by atoms with Gasteiger partial charge < -0.3 is 9.31 Å². The van der Waals surface area contributed by atoms with Crippen LogP contribution in [0.5, 0.6) is 0 Å². The van der Waals surface area contributed by atoms with Crippen molar-refractivity contribution in [3.63, 3.8) is 0 Å². The molecule has 0 spiro atoms. The Hall–Kier alpha value is -1.84. The Morgan fingerprint density at radius 1 is 0.625 bits per heavy atom. The van der Waals surface area contributed by atoms with Crippen molar-refractivity contribution in [3.8, 4) is 11.1 Å². The topological polar surface area (TPSA) is 18.5 Å². The lowest BCUT2D eigenvalue weighted by atomic mass is 9.65. The van der Waals surface area contributed by atoms with Crippen molar-refractivity contribution >= 4 is 76.6 Å². The van der Waals surface area contributed by atoms with Gasteiger partial charge in [-0.1, -0.05) is 57.2 Å². The Kier molecular flexibility index (Phi) is 5.54. The number of hydrogen-bond acceptors (Lipinski definition) is 2. The smallest absolute Gasteiger partial charge is 0.399 e. The van der Waals surface area contributed by atoms with Gasteiger partial charge in [0.05, 0.1) is 11.2 Å². The molecule has 0 aliphatic carbocycles. The summed E-state index contributed by atoms with van der Waals surface area (Å²) in [4.78, 5) is 0. The summed E-state index contributed by atoms with van der Waals surface area (Å²) >= 11 is 0. The van der Waals surface area contributed by atoms with Crippen LogP contribution in [-0.2, 0) is 9.31 Å². The Labute approximate surface area is 197 Å². The van der Waals surface area contributed by atoms with E-state index in [1.807, 2.05) is 0 Å². The fraction of sp³-hybridized carbons (Fsp3) is 0.360. The van der Waals surface area contributed by atoms with E-state index in [0.29, 0.717) is 0 Å². The summed E-state index contributed by atoms with van der Waals surface area (Å²) in [6, 6.07) is 8.81. The molecule has 0 atom stereocenters. The van der Waals surface area contributed by atoms with E-state index >= 15 is 0 Å². The first-order valence-electron chi connectivity index (χ1n) is 11.7. The van der Waals surface area contributed by atoms with Crippen molar-refractivity contribution in [1.29, 1.82) is 0 Å². The maximum absolute atomic E-state index is 6.27. The van der Waals surface area contributed by atoms with E-state index in [1.165, 1.54) is 60.4 Å². The SMILES string of the molecule is Bc1c(C)c(B)c2c(B)c(C)c(C)c(-c3ccc(B4OC(C)(C)C(C)(C)O4)cc3)c2c1B. The van der Waals surface area contributed by atoms with Gasteiger partial charge in [-0.15, -0.1) is 0 Å². The second-order valence-electron chi connectivity index (χ2n) is 10.7. The molecule has 1 aliphatic rings. The van der Waals surface area contributed by atoms with E-state index in [0.717, 1.165) is 5.46 Å². The quantitative estimate of drug-likeness (QED) is 0.484. The standard InChI is InChI=1S/C25H33B5O2/c1-12-13(2)20(26)19-18(23(29)22(28)14(3)21(19)27)17(12)15-8-10-16(11-9-15)30-31-24(4,5)25(6,7)32-30/h8-11H,26-29H2,1-7H3. The second kappa shape index (κ2) is 7.60. The number of hydrogen-bond donors (Lipinski definition) is 0. The lowest BCUT2D eigenvalue weighted by Gasteiger charge is -2.32. The van der Waals surface area contributed by atoms with E-state index < -0.39 is 0 Å². The minimum absolute atomic E-state index is 0.332. The van der Waals surface area contributed by atoms with Crippen molar-refractivity contribution in [2.24, 2.45) is 0 Å². The summed E-state index contributed by atoms with van der Waals surface area (Å²) in [7, 11) is 8.75. The van der Waals surface area contributed by atoms with Gasteiger partial charge in [-0.2, -0.15) is 0 Å². The molecular formula is C25H33B5O2. The Morgan fingerprint density at radius 3 is 1.66 bits per heavy atom. The molecule has 0 unspecified atom stereocenters. The molecule has 3 aromatic rings. The Morgan fingerprint density at radius 2 is 1.12 bits per heavy atom. The number of benzene rings is 3. The lowest BCUT2D eigenvalue weighted by molar-refractivity contribution is 0.00578. The molecule has 1 saturated heterocycles. The molecule has 1 aliphatic heterocycles. The van der Waals surface area contributed by atoms with Crippen LogP contribution in [0.4, 0.5) is 0 Å². The van der Waals surface area contributed by atoms with Crippen LogP contribution >= 0.6 is 0 Å². The van der Waals surface area contributed by atoms with Crippen LogP contribution in [-0.4, -0.2) is 49.7 Å². The van der Waals surface area contributed by atoms with Crippen LogP contribution < -0.4 is 27.3 Å². The van der Waals surface area contributed by atoms with Gasteiger partial charge in [-0.3, -0.25) is 0 Å². The minimum atomic E-state index is -0.333. The fourth-order valence-corrected chi connectivity index (χ4v) is 5.08. The van der Waals surface area contributed by atoms with Crippen LogP contribution in [0.1, 0.15) is 44.4 Å². The van der Waals surface area contributed by atoms with E-state index in [1.54, 1.807) is 0 Å². The predicted octanol–water partition coefficient (Wildman–Crippen LogP) is -1.24. The van der Waals surface area contributed by atoms with E-state index in [2.05, 4.69) is 104 Å². The zero-order valence-corrected chi connectivity index (χ0v) is 21.7. The Bertz CT molecular complexity index is 1220. The molecule has 1 heterocycles. The molecule has 7 heteroatoms. The van der Waals surface area contributed by atoms with Gasteiger partial charge in [0, 0.05) is 0 Å². The first kappa shape index (κ1) is 23.3. The molecular weight excluding hydrogens is 386 g/mol. The molecule has 1 fully saturated rings. The summed E-state index contributed by atoms with van der Waals surface area (Å²) in [5.74, 6) is 0. The molecule has 0 saturated carbocycles. The molecule has 32 heavy (non-hydrogen) atoms. The van der Waals surface area contributed by atoms with Crippen molar-refractivity contribution in [3.05, 3.63) is 41.0 Å². The van der Waals surface area contributed by atoms with E-state index in [4.69, 9.17) is 9.31 Å². The molecule has 4 rings (SSSR count). The highest BCUT2D eigenvalue weighted by molar-refractivity contribution is 6.62. The summed E-state index contributed by atoms with van der Waals surface area (Å²) in [5.41, 5.74) is 12.8. The van der Waals surface area contributed by atoms with E-state index in [9.17, 15) is 0 Å². The molecule has 0 bridgehead atoms. The van der Waals surface area contributed by atoms with Crippen LogP contribution in [0, 0.1) is 20.8 Å². The van der Waals surface area contributed by atoms with Gasteiger partial charge in [0.15, 0.2) is 0 Å². The van der Waals surface area contributed by atoms with Gasteiger partial charge in [0.2, 0.25) is 0 Å². The summed E-state index contributed by atoms with van der Waals surface area (Å²) < 4.78 is 12.5. The van der Waals surface area contributed by atoms with Crippen molar-refractivity contribution < 1.29 is 9.31 Å². The van der Waals surface area contributed by atoms with Crippen LogP contribution in [0.2, 0.25) is 0 Å². The van der Waals surface area contributed by atoms with Crippen LogP contribution in [0.3, 0.4) is 0 Å². The normalized spacial score (nSPS) is 17.3.